The molecule has 2 heteroatoms. The van der Waals surface area contributed by atoms with Crippen LogP contribution in [0.5, 0.6) is 0 Å². The summed E-state index contributed by atoms with van der Waals surface area (Å²) in [7, 11) is 0. The molecule has 1 aromatic rings. The molecule has 2 nitrogen and oxygen atoms in total. The van der Waals surface area contributed by atoms with Gasteiger partial charge in [0.1, 0.15) is 0 Å². The van der Waals surface area contributed by atoms with Crippen LogP contribution in [0, 0.1) is 0 Å². The lowest BCUT2D eigenvalue weighted by atomic mass is 9.79. The van der Waals surface area contributed by atoms with E-state index in [-0.39, 0.29) is 5.41 Å². The highest BCUT2D eigenvalue weighted by molar-refractivity contribution is 5.28. The van der Waals surface area contributed by atoms with Crippen molar-refractivity contribution in [3.63, 3.8) is 0 Å². The first-order valence-corrected chi connectivity index (χ1v) is 6.02. The number of pyridine rings is 1. The molecule has 0 saturated carbocycles. The van der Waals surface area contributed by atoms with Gasteiger partial charge in [0.2, 0.25) is 0 Å². The first kappa shape index (κ1) is 11.3. The summed E-state index contributed by atoms with van der Waals surface area (Å²) in [6.45, 7) is 5.42. The van der Waals surface area contributed by atoms with Crippen molar-refractivity contribution >= 4 is 0 Å². The Kier molecular flexibility index (Phi) is 3.39. The number of nitrogens with zero attached hydrogens (tertiary/aromatic N) is 1. The van der Waals surface area contributed by atoms with Gasteiger partial charge in [-0.05, 0) is 24.5 Å². The molecular weight excluding hydrogens is 196 g/mol. The third kappa shape index (κ3) is 2.33. The van der Waals surface area contributed by atoms with E-state index in [0.29, 0.717) is 6.04 Å². The van der Waals surface area contributed by atoms with Crippen LogP contribution in [-0.2, 0) is 5.41 Å². The Balaban J connectivity index is 2.16. The third-order valence-electron chi connectivity index (χ3n) is 3.31. The van der Waals surface area contributed by atoms with Crippen molar-refractivity contribution in [3.05, 3.63) is 42.2 Å². The van der Waals surface area contributed by atoms with Gasteiger partial charge < -0.3 is 5.32 Å². The summed E-state index contributed by atoms with van der Waals surface area (Å²) in [5.41, 5.74) is 1.59. The van der Waals surface area contributed by atoms with Crippen molar-refractivity contribution in [1.82, 2.24) is 10.3 Å². The Bertz CT molecular complexity index is 346. The van der Waals surface area contributed by atoms with Crippen molar-refractivity contribution < 1.29 is 0 Å². The van der Waals surface area contributed by atoms with Crippen LogP contribution in [-0.4, -0.2) is 17.6 Å². The number of hydrogen-bond acceptors (Lipinski definition) is 2. The molecule has 0 bridgehead atoms. The molecule has 1 N–H and O–H groups in total. The number of allylic oxidation sites excluding steroid dienone is 2. The molecule has 0 radical (unpaired) electrons. The summed E-state index contributed by atoms with van der Waals surface area (Å²) in [6.07, 6.45) is 10.7. The van der Waals surface area contributed by atoms with Crippen molar-refractivity contribution in [3.8, 4) is 0 Å². The Morgan fingerprint density at radius 2 is 2.12 bits per heavy atom. The number of hydrogen-bond donors (Lipinski definition) is 1. The maximum Gasteiger partial charge on any atom is 0.0306 e. The maximum atomic E-state index is 4.25. The van der Waals surface area contributed by atoms with E-state index in [1.807, 2.05) is 18.5 Å². The molecule has 1 heterocycles. The fourth-order valence-corrected chi connectivity index (χ4v) is 2.26. The fourth-order valence-electron chi connectivity index (χ4n) is 2.26. The number of aromatic nitrogens is 1. The molecule has 0 saturated heterocycles. The van der Waals surface area contributed by atoms with Crippen LogP contribution >= 0.6 is 0 Å². The van der Waals surface area contributed by atoms with Crippen molar-refractivity contribution in [2.75, 3.05) is 6.54 Å². The SMILES string of the molecule is CC(C)NCC1(c2cccnc2)CC=CC1. The highest BCUT2D eigenvalue weighted by atomic mass is 14.9. The molecule has 16 heavy (non-hydrogen) atoms. The quantitative estimate of drug-likeness (QED) is 0.783. The van der Waals surface area contributed by atoms with Gasteiger partial charge in [-0.25, -0.2) is 0 Å². The molecule has 0 unspecified atom stereocenters. The van der Waals surface area contributed by atoms with Crippen LogP contribution in [0.4, 0.5) is 0 Å². The first-order chi connectivity index (χ1) is 7.73. The lowest BCUT2D eigenvalue weighted by Crippen LogP contribution is -2.39. The summed E-state index contributed by atoms with van der Waals surface area (Å²) in [5, 5.41) is 3.56. The normalized spacial score (nSPS) is 18.2. The van der Waals surface area contributed by atoms with Crippen LogP contribution < -0.4 is 5.32 Å². The van der Waals surface area contributed by atoms with Gasteiger partial charge >= 0.3 is 0 Å². The summed E-state index contributed by atoms with van der Waals surface area (Å²) < 4.78 is 0. The Morgan fingerprint density at radius 3 is 2.69 bits per heavy atom. The summed E-state index contributed by atoms with van der Waals surface area (Å²) in [6, 6.07) is 4.77. The topological polar surface area (TPSA) is 24.9 Å². The van der Waals surface area contributed by atoms with Crippen LogP contribution in [0.3, 0.4) is 0 Å². The van der Waals surface area contributed by atoms with Gasteiger partial charge in [-0.2, -0.15) is 0 Å². The largest absolute Gasteiger partial charge is 0.314 e. The Morgan fingerprint density at radius 1 is 1.38 bits per heavy atom. The lowest BCUT2D eigenvalue weighted by Gasteiger charge is -2.30. The van der Waals surface area contributed by atoms with E-state index >= 15 is 0 Å². The maximum absolute atomic E-state index is 4.25. The smallest absolute Gasteiger partial charge is 0.0306 e. The molecule has 86 valence electrons. The molecule has 0 aliphatic heterocycles. The van der Waals surface area contributed by atoms with Crippen LogP contribution in [0.2, 0.25) is 0 Å². The number of rotatable bonds is 4. The van der Waals surface area contributed by atoms with Crippen LogP contribution in [0.15, 0.2) is 36.7 Å². The molecule has 0 spiro atoms. The van der Waals surface area contributed by atoms with E-state index in [1.54, 1.807) is 0 Å². The monoisotopic (exact) mass is 216 g/mol. The molecular formula is C14H20N2. The van der Waals surface area contributed by atoms with Gasteiger partial charge in [-0.3, -0.25) is 4.98 Å². The van der Waals surface area contributed by atoms with E-state index in [2.05, 4.69) is 42.4 Å². The van der Waals surface area contributed by atoms with Crippen molar-refractivity contribution in [2.24, 2.45) is 0 Å². The second-order valence-corrected chi connectivity index (χ2v) is 4.94. The van der Waals surface area contributed by atoms with E-state index < -0.39 is 0 Å². The second-order valence-electron chi connectivity index (χ2n) is 4.94. The molecule has 0 fully saturated rings. The minimum atomic E-state index is 0.235. The van der Waals surface area contributed by atoms with Gasteiger partial charge in [-0.1, -0.05) is 32.1 Å². The predicted octanol–water partition coefficient (Wildman–Crippen LogP) is 2.67. The minimum Gasteiger partial charge on any atom is -0.314 e. The molecule has 0 atom stereocenters. The fraction of sp³-hybridized carbons (Fsp3) is 0.500. The molecule has 0 amide bonds. The average molecular weight is 216 g/mol. The average Bonchev–Trinajstić information content (AvgIpc) is 2.78. The first-order valence-electron chi connectivity index (χ1n) is 6.02. The van der Waals surface area contributed by atoms with Gasteiger partial charge in [-0.15, -0.1) is 0 Å². The summed E-state index contributed by atoms with van der Waals surface area (Å²) in [5.74, 6) is 0. The van der Waals surface area contributed by atoms with Gasteiger partial charge in [0.05, 0.1) is 0 Å². The third-order valence-corrected chi connectivity index (χ3v) is 3.31. The van der Waals surface area contributed by atoms with E-state index in [4.69, 9.17) is 0 Å². The van der Waals surface area contributed by atoms with Crippen molar-refractivity contribution in [2.45, 2.75) is 38.1 Å². The van der Waals surface area contributed by atoms with E-state index in [1.165, 1.54) is 5.56 Å². The zero-order valence-electron chi connectivity index (χ0n) is 10.1. The summed E-state index contributed by atoms with van der Waals surface area (Å²) in [4.78, 5) is 4.25. The van der Waals surface area contributed by atoms with Gasteiger partial charge in [0.25, 0.3) is 0 Å². The van der Waals surface area contributed by atoms with E-state index in [9.17, 15) is 0 Å². The lowest BCUT2D eigenvalue weighted by molar-refractivity contribution is 0.398. The standard InChI is InChI=1S/C14H20N2/c1-12(2)16-11-14(7-3-4-8-14)13-6-5-9-15-10-13/h3-6,9-10,12,16H,7-8,11H2,1-2H3. The van der Waals surface area contributed by atoms with Gasteiger partial charge in [0, 0.05) is 30.4 Å². The Hall–Kier alpha value is -1.15. The van der Waals surface area contributed by atoms with Gasteiger partial charge in [0.15, 0.2) is 0 Å². The zero-order chi connectivity index (χ0) is 11.4. The molecule has 1 aromatic heterocycles. The zero-order valence-corrected chi connectivity index (χ0v) is 10.1. The molecule has 2 rings (SSSR count). The van der Waals surface area contributed by atoms with E-state index in [0.717, 1.165) is 19.4 Å². The van der Waals surface area contributed by atoms with Crippen molar-refractivity contribution in [1.29, 1.82) is 0 Å². The van der Waals surface area contributed by atoms with Crippen LogP contribution in [0.1, 0.15) is 32.3 Å². The second kappa shape index (κ2) is 4.79. The minimum absolute atomic E-state index is 0.235. The number of nitrogens with one attached hydrogen (secondary N) is 1. The Labute approximate surface area is 97.8 Å². The molecule has 1 aliphatic carbocycles. The van der Waals surface area contributed by atoms with Crippen LogP contribution in [0.25, 0.3) is 0 Å². The summed E-state index contributed by atoms with van der Waals surface area (Å²) >= 11 is 0. The predicted molar refractivity (Wildman–Crippen MR) is 67.4 cm³/mol. The molecule has 1 aliphatic rings. The highest BCUT2D eigenvalue weighted by Gasteiger charge is 2.32. The highest BCUT2D eigenvalue weighted by Crippen LogP contribution is 2.36. The molecule has 0 aromatic carbocycles.